The molecule has 0 unspecified atom stereocenters. The van der Waals surface area contributed by atoms with Crippen LogP contribution in [0, 0.1) is 0 Å². The zero-order chi connectivity index (χ0) is 20.2. The molecule has 4 rings (SSSR count). The summed E-state index contributed by atoms with van der Waals surface area (Å²) in [5.41, 5.74) is 4.46. The molecule has 9 heteroatoms. The van der Waals surface area contributed by atoms with E-state index in [4.69, 9.17) is 10.6 Å². The molecule has 3 heterocycles. The van der Waals surface area contributed by atoms with Crippen LogP contribution in [0.1, 0.15) is 6.42 Å². The lowest BCUT2D eigenvalue weighted by Gasteiger charge is -2.36. The monoisotopic (exact) mass is 414 g/mol. The van der Waals surface area contributed by atoms with E-state index in [-0.39, 0.29) is 5.56 Å². The smallest absolute Gasteiger partial charge is 0.272 e. The molecular formula is C20H26N6O2S. The molecule has 3 N–H and O–H groups in total. The number of hydrogen-bond acceptors (Lipinski definition) is 8. The fourth-order valence-corrected chi connectivity index (χ4v) is 4.52. The lowest BCUT2D eigenvalue weighted by molar-refractivity contribution is 0.250. The number of hydrazine groups is 1. The van der Waals surface area contributed by atoms with Crippen molar-refractivity contribution in [1.82, 2.24) is 14.5 Å². The minimum absolute atomic E-state index is 0.0257. The highest BCUT2D eigenvalue weighted by atomic mass is 32.1. The molecule has 0 amide bonds. The van der Waals surface area contributed by atoms with E-state index >= 15 is 0 Å². The predicted octanol–water partition coefficient (Wildman–Crippen LogP) is 1.96. The molecule has 0 aliphatic carbocycles. The van der Waals surface area contributed by atoms with Crippen molar-refractivity contribution in [2.45, 2.75) is 13.0 Å². The predicted molar refractivity (Wildman–Crippen MR) is 118 cm³/mol. The quantitative estimate of drug-likeness (QED) is 0.451. The Hall–Kier alpha value is -2.62. The Labute approximate surface area is 173 Å². The van der Waals surface area contributed by atoms with Crippen LogP contribution in [0.15, 0.2) is 40.5 Å². The molecule has 0 spiro atoms. The van der Waals surface area contributed by atoms with Gasteiger partial charge in [-0.25, -0.2) is 10.8 Å². The summed E-state index contributed by atoms with van der Waals surface area (Å²) in [5, 5.41) is 1.88. The number of piperazine rings is 1. The molecule has 1 fully saturated rings. The van der Waals surface area contributed by atoms with E-state index in [1.54, 1.807) is 11.7 Å². The summed E-state index contributed by atoms with van der Waals surface area (Å²) in [6.45, 7) is 5.53. The maximum absolute atomic E-state index is 12.7. The Morgan fingerprint density at radius 3 is 2.59 bits per heavy atom. The molecule has 1 aliphatic rings. The normalized spacial score (nSPS) is 15.0. The minimum Gasteiger partial charge on any atom is -0.497 e. The van der Waals surface area contributed by atoms with Gasteiger partial charge in [-0.15, -0.1) is 11.3 Å². The van der Waals surface area contributed by atoms with Crippen molar-refractivity contribution in [2.75, 3.05) is 50.2 Å². The van der Waals surface area contributed by atoms with Crippen LogP contribution in [0.5, 0.6) is 5.75 Å². The molecule has 0 radical (unpaired) electrons. The Kier molecular flexibility index (Phi) is 5.98. The average molecular weight is 415 g/mol. The summed E-state index contributed by atoms with van der Waals surface area (Å²) < 4.78 is 7.55. The lowest BCUT2D eigenvalue weighted by atomic mass is 10.2. The molecule has 2 aromatic heterocycles. The summed E-state index contributed by atoms with van der Waals surface area (Å²) in [6.07, 6.45) is 0.871. The van der Waals surface area contributed by atoms with Gasteiger partial charge in [-0.2, -0.15) is 0 Å². The highest BCUT2D eigenvalue weighted by Gasteiger charge is 2.17. The Balaban J connectivity index is 1.31. The first-order valence-corrected chi connectivity index (χ1v) is 10.6. The van der Waals surface area contributed by atoms with Crippen molar-refractivity contribution in [3.05, 3.63) is 46.1 Å². The number of anilines is 2. The molecule has 1 saturated heterocycles. The number of benzene rings is 1. The van der Waals surface area contributed by atoms with E-state index in [9.17, 15) is 4.79 Å². The third kappa shape index (κ3) is 4.21. The van der Waals surface area contributed by atoms with Crippen molar-refractivity contribution >= 4 is 33.2 Å². The van der Waals surface area contributed by atoms with Crippen LogP contribution in [0.2, 0.25) is 0 Å². The number of nitrogens with one attached hydrogen (secondary N) is 1. The first-order chi connectivity index (χ1) is 14.2. The number of nitrogens with two attached hydrogens (primary N) is 1. The van der Waals surface area contributed by atoms with Crippen LogP contribution in [-0.4, -0.2) is 54.3 Å². The summed E-state index contributed by atoms with van der Waals surface area (Å²) in [5.74, 6) is 6.89. The number of ether oxygens (including phenoxy) is 1. The number of hydrogen-bond donors (Lipinski definition) is 2. The molecule has 1 aliphatic heterocycles. The molecule has 0 saturated carbocycles. The van der Waals surface area contributed by atoms with Crippen molar-refractivity contribution < 1.29 is 4.74 Å². The maximum atomic E-state index is 12.7. The van der Waals surface area contributed by atoms with Crippen LogP contribution in [0.4, 0.5) is 11.6 Å². The van der Waals surface area contributed by atoms with Gasteiger partial charge in [0.1, 0.15) is 10.4 Å². The summed E-state index contributed by atoms with van der Waals surface area (Å²) in [7, 11) is 1.68. The molecule has 0 bridgehead atoms. The Morgan fingerprint density at radius 1 is 1.14 bits per heavy atom. The van der Waals surface area contributed by atoms with E-state index in [1.165, 1.54) is 17.0 Å². The molecule has 154 valence electrons. The van der Waals surface area contributed by atoms with E-state index in [1.807, 2.05) is 23.6 Å². The van der Waals surface area contributed by atoms with Gasteiger partial charge in [0.05, 0.1) is 12.6 Å². The van der Waals surface area contributed by atoms with Gasteiger partial charge in [0.2, 0.25) is 5.95 Å². The molecule has 3 aromatic rings. The first kappa shape index (κ1) is 19.7. The van der Waals surface area contributed by atoms with E-state index in [0.717, 1.165) is 44.9 Å². The fraction of sp³-hybridized carbons (Fsp3) is 0.400. The van der Waals surface area contributed by atoms with Gasteiger partial charge in [0, 0.05) is 38.4 Å². The van der Waals surface area contributed by atoms with Gasteiger partial charge >= 0.3 is 0 Å². The second-order valence-electron chi connectivity index (χ2n) is 7.05. The Morgan fingerprint density at radius 2 is 1.90 bits per heavy atom. The molecule has 0 atom stereocenters. The average Bonchev–Trinajstić information content (AvgIpc) is 3.24. The van der Waals surface area contributed by atoms with Crippen molar-refractivity contribution in [3.8, 4) is 5.75 Å². The number of thiophene rings is 1. The molecule has 29 heavy (non-hydrogen) atoms. The Bertz CT molecular complexity index is 1010. The van der Waals surface area contributed by atoms with Crippen LogP contribution < -0.4 is 26.5 Å². The van der Waals surface area contributed by atoms with Gasteiger partial charge in [-0.3, -0.25) is 19.7 Å². The fourth-order valence-electron chi connectivity index (χ4n) is 3.74. The largest absolute Gasteiger partial charge is 0.497 e. The highest BCUT2D eigenvalue weighted by molar-refractivity contribution is 7.17. The second-order valence-corrected chi connectivity index (χ2v) is 7.97. The van der Waals surface area contributed by atoms with Crippen LogP contribution >= 0.6 is 11.3 Å². The third-order valence-corrected chi connectivity index (χ3v) is 6.25. The minimum atomic E-state index is -0.0257. The van der Waals surface area contributed by atoms with Crippen molar-refractivity contribution in [3.63, 3.8) is 0 Å². The van der Waals surface area contributed by atoms with Gasteiger partial charge < -0.3 is 9.64 Å². The van der Waals surface area contributed by atoms with Crippen molar-refractivity contribution in [2.24, 2.45) is 5.84 Å². The highest BCUT2D eigenvalue weighted by Crippen LogP contribution is 2.21. The molecule has 1 aromatic carbocycles. The number of aromatic nitrogens is 2. The first-order valence-electron chi connectivity index (χ1n) is 9.75. The summed E-state index contributed by atoms with van der Waals surface area (Å²) in [6, 6.07) is 10.1. The number of fused-ring (bicyclic) bond motifs is 1. The second kappa shape index (κ2) is 8.81. The van der Waals surface area contributed by atoms with E-state index < -0.39 is 0 Å². The number of nitrogen functional groups attached to an aromatic ring is 1. The number of methoxy groups -OCH3 is 1. The SMILES string of the molecule is COc1ccc(N2CCN(CCCn3c(NN)nc4ccsc4c3=O)CC2)cc1. The van der Waals surface area contributed by atoms with Gasteiger partial charge in [-0.05, 0) is 48.7 Å². The zero-order valence-corrected chi connectivity index (χ0v) is 17.3. The summed E-state index contributed by atoms with van der Waals surface area (Å²) in [4.78, 5) is 22.0. The van der Waals surface area contributed by atoms with Gasteiger partial charge in [0.25, 0.3) is 5.56 Å². The van der Waals surface area contributed by atoms with Gasteiger partial charge in [0.15, 0.2) is 0 Å². The zero-order valence-electron chi connectivity index (χ0n) is 16.5. The maximum Gasteiger partial charge on any atom is 0.272 e. The van der Waals surface area contributed by atoms with Crippen LogP contribution in [-0.2, 0) is 6.54 Å². The summed E-state index contributed by atoms with van der Waals surface area (Å²) >= 11 is 1.42. The standard InChI is InChI=1S/C20H26N6O2S/c1-28-16-5-3-15(4-6-16)25-12-10-24(11-13-25)8-2-9-26-19(27)18-17(7-14-29-18)22-20(26)23-21/h3-7,14H,2,8-13,21H2,1H3,(H,22,23). The van der Waals surface area contributed by atoms with Crippen LogP contribution in [0.3, 0.4) is 0 Å². The van der Waals surface area contributed by atoms with Crippen molar-refractivity contribution in [1.29, 1.82) is 0 Å². The molecular weight excluding hydrogens is 388 g/mol. The number of rotatable bonds is 7. The third-order valence-electron chi connectivity index (χ3n) is 5.36. The van der Waals surface area contributed by atoms with Crippen LogP contribution in [0.25, 0.3) is 10.2 Å². The molecule has 8 nitrogen and oxygen atoms in total. The topological polar surface area (TPSA) is 88.7 Å². The van der Waals surface area contributed by atoms with Gasteiger partial charge in [-0.1, -0.05) is 0 Å². The lowest BCUT2D eigenvalue weighted by Crippen LogP contribution is -2.46. The van der Waals surface area contributed by atoms with E-state index in [2.05, 4.69) is 32.3 Å². The number of nitrogens with zero attached hydrogens (tertiary/aromatic N) is 4. The van der Waals surface area contributed by atoms with E-state index in [0.29, 0.717) is 22.7 Å².